The molecule has 102 valence electrons. The summed E-state index contributed by atoms with van der Waals surface area (Å²) in [5.74, 6) is 1.58. The molecular formula is C14H18N2O2S. The van der Waals surface area contributed by atoms with E-state index in [-0.39, 0.29) is 0 Å². The van der Waals surface area contributed by atoms with Crippen molar-refractivity contribution in [2.45, 2.75) is 13.3 Å². The molecule has 5 heteroatoms. The number of aromatic nitrogens is 1. The Morgan fingerprint density at radius 3 is 2.37 bits per heavy atom. The summed E-state index contributed by atoms with van der Waals surface area (Å²) >= 11 is 1.70. The zero-order chi connectivity index (χ0) is 13.7. The van der Waals surface area contributed by atoms with Gasteiger partial charge in [0, 0.05) is 41.7 Å². The van der Waals surface area contributed by atoms with E-state index in [1.54, 1.807) is 25.6 Å². The first-order chi connectivity index (χ1) is 9.22. The average molecular weight is 278 g/mol. The van der Waals surface area contributed by atoms with E-state index < -0.39 is 0 Å². The quantitative estimate of drug-likeness (QED) is 0.881. The Bertz CT molecular complexity index is 518. The van der Waals surface area contributed by atoms with Crippen LogP contribution in [-0.2, 0) is 6.42 Å². The molecule has 1 heterocycles. The average Bonchev–Trinajstić information content (AvgIpc) is 2.84. The number of nitrogens with zero attached hydrogens (tertiary/aromatic N) is 1. The number of hydrogen-bond acceptors (Lipinski definition) is 5. The third kappa shape index (κ3) is 3.61. The van der Waals surface area contributed by atoms with Gasteiger partial charge in [-0.15, -0.1) is 11.3 Å². The lowest BCUT2D eigenvalue weighted by Gasteiger charge is -2.10. The predicted molar refractivity (Wildman–Crippen MR) is 78.6 cm³/mol. The fourth-order valence-electron chi connectivity index (χ4n) is 1.80. The fraction of sp³-hybridized carbons (Fsp3) is 0.357. The van der Waals surface area contributed by atoms with Gasteiger partial charge >= 0.3 is 0 Å². The van der Waals surface area contributed by atoms with Crippen molar-refractivity contribution in [1.29, 1.82) is 0 Å². The van der Waals surface area contributed by atoms with Crippen LogP contribution in [0.25, 0.3) is 0 Å². The van der Waals surface area contributed by atoms with Gasteiger partial charge in [-0.2, -0.15) is 0 Å². The third-order valence-corrected chi connectivity index (χ3v) is 3.87. The van der Waals surface area contributed by atoms with Crippen molar-refractivity contribution in [3.63, 3.8) is 0 Å². The Kier molecular flexibility index (Phi) is 4.63. The number of thiazole rings is 1. The van der Waals surface area contributed by atoms with E-state index in [0.29, 0.717) is 0 Å². The van der Waals surface area contributed by atoms with E-state index in [4.69, 9.17) is 9.47 Å². The van der Waals surface area contributed by atoms with Gasteiger partial charge in [0.1, 0.15) is 11.5 Å². The van der Waals surface area contributed by atoms with Crippen LogP contribution in [0.15, 0.2) is 23.7 Å². The van der Waals surface area contributed by atoms with Crippen molar-refractivity contribution in [1.82, 2.24) is 4.98 Å². The normalized spacial score (nSPS) is 10.3. The Hall–Kier alpha value is -1.75. The summed E-state index contributed by atoms with van der Waals surface area (Å²) in [6.45, 7) is 2.90. The number of methoxy groups -OCH3 is 2. The number of ether oxygens (including phenoxy) is 2. The number of rotatable bonds is 6. The summed E-state index contributed by atoms with van der Waals surface area (Å²) in [5, 5.41) is 3.38. The molecule has 4 nitrogen and oxygen atoms in total. The van der Waals surface area contributed by atoms with Crippen LogP contribution in [0.5, 0.6) is 11.5 Å². The summed E-state index contributed by atoms with van der Waals surface area (Å²) < 4.78 is 10.5. The van der Waals surface area contributed by atoms with E-state index in [1.165, 1.54) is 4.88 Å². The minimum Gasteiger partial charge on any atom is -0.497 e. The molecule has 1 aromatic carbocycles. The van der Waals surface area contributed by atoms with E-state index in [0.717, 1.165) is 35.8 Å². The van der Waals surface area contributed by atoms with Crippen LogP contribution in [0.4, 0.5) is 5.69 Å². The second-order valence-corrected chi connectivity index (χ2v) is 5.08. The second kappa shape index (κ2) is 6.43. The van der Waals surface area contributed by atoms with Crippen LogP contribution in [-0.4, -0.2) is 25.7 Å². The van der Waals surface area contributed by atoms with E-state index in [1.807, 2.05) is 30.6 Å². The van der Waals surface area contributed by atoms with Gasteiger partial charge < -0.3 is 14.8 Å². The van der Waals surface area contributed by atoms with Crippen LogP contribution >= 0.6 is 11.3 Å². The van der Waals surface area contributed by atoms with E-state index >= 15 is 0 Å². The number of anilines is 1. The Morgan fingerprint density at radius 1 is 1.16 bits per heavy atom. The van der Waals surface area contributed by atoms with Crippen LogP contribution in [0.3, 0.4) is 0 Å². The molecule has 0 aliphatic carbocycles. The minimum absolute atomic E-state index is 0.788. The summed E-state index contributed by atoms with van der Waals surface area (Å²) in [4.78, 5) is 5.57. The van der Waals surface area contributed by atoms with E-state index in [2.05, 4.69) is 10.3 Å². The van der Waals surface area contributed by atoms with Crippen LogP contribution in [0.2, 0.25) is 0 Å². The van der Waals surface area contributed by atoms with Crippen LogP contribution < -0.4 is 14.8 Å². The van der Waals surface area contributed by atoms with Gasteiger partial charge in [-0.25, -0.2) is 4.98 Å². The van der Waals surface area contributed by atoms with Gasteiger partial charge in [-0.3, -0.25) is 0 Å². The number of nitrogens with one attached hydrogen (secondary N) is 1. The molecule has 0 aliphatic rings. The van der Waals surface area contributed by atoms with E-state index in [9.17, 15) is 0 Å². The highest BCUT2D eigenvalue weighted by Gasteiger charge is 2.03. The Labute approximate surface area is 117 Å². The Balaban J connectivity index is 1.97. The topological polar surface area (TPSA) is 43.4 Å². The predicted octanol–water partition coefficient (Wildman–Crippen LogP) is 3.12. The summed E-state index contributed by atoms with van der Waals surface area (Å²) in [6.07, 6.45) is 0.968. The fourth-order valence-corrected chi connectivity index (χ4v) is 2.58. The molecule has 0 amide bonds. The lowest BCUT2D eigenvalue weighted by Crippen LogP contribution is -2.05. The van der Waals surface area contributed by atoms with Crippen molar-refractivity contribution in [3.05, 3.63) is 34.3 Å². The second-order valence-electron chi connectivity index (χ2n) is 4.14. The molecule has 2 rings (SSSR count). The smallest absolute Gasteiger partial charge is 0.124 e. The molecule has 0 saturated carbocycles. The molecule has 0 bridgehead atoms. The molecule has 1 aromatic heterocycles. The molecule has 2 aromatic rings. The van der Waals surface area contributed by atoms with Gasteiger partial charge in [0.2, 0.25) is 0 Å². The zero-order valence-electron chi connectivity index (χ0n) is 11.4. The van der Waals surface area contributed by atoms with Gasteiger partial charge in [0.25, 0.3) is 0 Å². The maximum Gasteiger partial charge on any atom is 0.124 e. The third-order valence-electron chi connectivity index (χ3n) is 2.88. The molecule has 0 unspecified atom stereocenters. The summed E-state index contributed by atoms with van der Waals surface area (Å²) in [6, 6.07) is 5.78. The molecule has 0 spiro atoms. The monoisotopic (exact) mass is 278 g/mol. The van der Waals surface area contributed by atoms with Gasteiger partial charge in [-0.1, -0.05) is 0 Å². The molecular weight excluding hydrogens is 260 g/mol. The SMILES string of the molecule is COc1cc(NCCc2scnc2C)cc(OC)c1. The van der Waals surface area contributed by atoms with Crippen molar-refractivity contribution in [3.8, 4) is 11.5 Å². The molecule has 0 fully saturated rings. The molecule has 0 aliphatic heterocycles. The summed E-state index contributed by atoms with van der Waals surface area (Å²) in [5.41, 5.74) is 4.01. The number of aryl methyl sites for hydroxylation is 1. The number of hydrogen-bond donors (Lipinski definition) is 1. The maximum absolute atomic E-state index is 5.24. The number of benzene rings is 1. The zero-order valence-corrected chi connectivity index (χ0v) is 12.2. The van der Waals surface area contributed by atoms with Crippen molar-refractivity contribution < 1.29 is 9.47 Å². The summed E-state index contributed by atoms with van der Waals surface area (Å²) in [7, 11) is 3.30. The first-order valence-corrected chi connectivity index (χ1v) is 6.97. The van der Waals surface area contributed by atoms with Gasteiger partial charge in [0.05, 0.1) is 25.4 Å². The lowest BCUT2D eigenvalue weighted by molar-refractivity contribution is 0.394. The molecule has 1 N–H and O–H groups in total. The largest absolute Gasteiger partial charge is 0.497 e. The molecule has 19 heavy (non-hydrogen) atoms. The van der Waals surface area contributed by atoms with Crippen LogP contribution in [0, 0.1) is 6.92 Å². The van der Waals surface area contributed by atoms with Gasteiger partial charge in [0.15, 0.2) is 0 Å². The molecule has 0 radical (unpaired) electrons. The van der Waals surface area contributed by atoms with Crippen LogP contribution in [0.1, 0.15) is 10.6 Å². The standard InChI is InChI=1S/C14H18N2O2S/c1-10-14(19-9-16-10)4-5-15-11-6-12(17-2)8-13(7-11)18-3/h6-9,15H,4-5H2,1-3H3. The first kappa shape index (κ1) is 13.7. The highest BCUT2D eigenvalue weighted by Crippen LogP contribution is 2.25. The van der Waals surface area contributed by atoms with Crippen molar-refractivity contribution >= 4 is 17.0 Å². The van der Waals surface area contributed by atoms with Gasteiger partial charge in [-0.05, 0) is 6.92 Å². The lowest BCUT2D eigenvalue weighted by atomic mass is 10.2. The highest BCUT2D eigenvalue weighted by molar-refractivity contribution is 7.09. The van der Waals surface area contributed by atoms with Crippen molar-refractivity contribution in [2.24, 2.45) is 0 Å². The maximum atomic E-state index is 5.24. The first-order valence-electron chi connectivity index (χ1n) is 6.09. The molecule has 0 saturated heterocycles. The Morgan fingerprint density at radius 2 is 1.84 bits per heavy atom. The molecule has 0 atom stereocenters. The highest BCUT2D eigenvalue weighted by atomic mass is 32.1. The van der Waals surface area contributed by atoms with Crippen molar-refractivity contribution in [2.75, 3.05) is 26.1 Å². The minimum atomic E-state index is 0.788.